The van der Waals surface area contributed by atoms with Gasteiger partial charge in [0.15, 0.2) is 5.11 Å². The lowest BCUT2D eigenvalue weighted by Gasteiger charge is -2.15. The molecule has 0 unspecified atom stereocenters. The molecule has 0 aliphatic carbocycles. The SMILES string of the molecule is Cc1cc(C)cc(NC(=S)NC(=NCCc2ccc(Cl)cc2)Nc2nc(C)cc(C)n2)c1. The van der Waals surface area contributed by atoms with Crippen molar-refractivity contribution in [2.45, 2.75) is 34.1 Å². The second kappa shape index (κ2) is 11.0. The predicted molar refractivity (Wildman–Crippen MR) is 138 cm³/mol. The Balaban J connectivity index is 1.73. The fourth-order valence-electron chi connectivity index (χ4n) is 3.26. The number of aliphatic imine (C=N–C) groups is 1. The molecule has 6 nitrogen and oxygen atoms in total. The van der Waals surface area contributed by atoms with Crippen molar-refractivity contribution in [1.82, 2.24) is 15.3 Å². The first-order valence-corrected chi connectivity index (χ1v) is 11.1. The first-order valence-electron chi connectivity index (χ1n) is 10.3. The third-order valence-electron chi connectivity index (χ3n) is 4.51. The molecule has 8 heteroatoms. The molecule has 0 aliphatic heterocycles. The minimum atomic E-state index is 0.428. The van der Waals surface area contributed by atoms with Crippen LogP contribution in [-0.2, 0) is 6.42 Å². The van der Waals surface area contributed by atoms with Crippen LogP contribution in [0.5, 0.6) is 0 Å². The van der Waals surface area contributed by atoms with E-state index in [9.17, 15) is 0 Å². The summed E-state index contributed by atoms with van der Waals surface area (Å²) in [5, 5.41) is 10.7. The van der Waals surface area contributed by atoms with Gasteiger partial charge in [-0.05, 0) is 93.4 Å². The van der Waals surface area contributed by atoms with Gasteiger partial charge in [-0.3, -0.25) is 10.3 Å². The highest BCUT2D eigenvalue weighted by atomic mass is 35.5. The van der Waals surface area contributed by atoms with Crippen molar-refractivity contribution in [2.75, 3.05) is 17.2 Å². The minimum absolute atomic E-state index is 0.428. The Morgan fingerprint density at radius 1 is 0.906 bits per heavy atom. The molecule has 0 saturated heterocycles. The molecule has 0 fully saturated rings. The van der Waals surface area contributed by atoms with Crippen LogP contribution in [0.25, 0.3) is 0 Å². The lowest BCUT2D eigenvalue weighted by molar-refractivity contribution is 0.956. The Bertz CT molecular complexity index is 1090. The van der Waals surface area contributed by atoms with Gasteiger partial charge in [-0.2, -0.15) is 0 Å². The molecule has 32 heavy (non-hydrogen) atoms. The number of anilines is 2. The number of guanidine groups is 1. The fraction of sp³-hybridized carbons (Fsp3) is 0.250. The molecule has 0 radical (unpaired) electrons. The summed E-state index contributed by atoms with van der Waals surface area (Å²) in [6.07, 6.45) is 0.759. The molecule has 0 aliphatic rings. The van der Waals surface area contributed by atoms with Crippen LogP contribution >= 0.6 is 23.8 Å². The quantitative estimate of drug-likeness (QED) is 0.267. The van der Waals surface area contributed by atoms with Gasteiger partial charge in [0.25, 0.3) is 0 Å². The van der Waals surface area contributed by atoms with E-state index in [1.54, 1.807) is 0 Å². The molecule has 0 amide bonds. The van der Waals surface area contributed by atoms with Gasteiger partial charge in [0, 0.05) is 28.6 Å². The van der Waals surface area contributed by atoms with E-state index in [4.69, 9.17) is 23.8 Å². The number of nitrogens with one attached hydrogen (secondary N) is 3. The number of aryl methyl sites for hydroxylation is 4. The Hall–Kier alpha value is -3.03. The van der Waals surface area contributed by atoms with E-state index in [0.717, 1.165) is 45.2 Å². The molecule has 0 saturated carbocycles. The first-order chi connectivity index (χ1) is 15.3. The lowest BCUT2D eigenvalue weighted by Crippen LogP contribution is -2.39. The van der Waals surface area contributed by atoms with Crippen LogP contribution in [0.15, 0.2) is 53.5 Å². The Morgan fingerprint density at radius 2 is 1.53 bits per heavy atom. The summed E-state index contributed by atoms with van der Waals surface area (Å²) >= 11 is 11.5. The summed E-state index contributed by atoms with van der Waals surface area (Å²) in [7, 11) is 0. The van der Waals surface area contributed by atoms with Crippen molar-refractivity contribution in [3.8, 4) is 0 Å². The van der Waals surface area contributed by atoms with Crippen LogP contribution in [0.3, 0.4) is 0 Å². The summed E-state index contributed by atoms with van der Waals surface area (Å²) in [4.78, 5) is 13.6. The van der Waals surface area contributed by atoms with E-state index in [2.05, 4.69) is 50.8 Å². The summed E-state index contributed by atoms with van der Waals surface area (Å²) < 4.78 is 0. The highest BCUT2D eigenvalue weighted by Gasteiger charge is 2.08. The lowest BCUT2D eigenvalue weighted by atomic mass is 10.1. The van der Waals surface area contributed by atoms with Gasteiger partial charge in [-0.15, -0.1) is 0 Å². The van der Waals surface area contributed by atoms with Crippen LogP contribution in [0.1, 0.15) is 28.1 Å². The zero-order chi connectivity index (χ0) is 23.1. The van der Waals surface area contributed by atoms with Gasteiger partial charge < -0.3 is 10.6 Å². The van der Waals surface area contributed by atoms with E-state index < -0.39 is 0 Å². The molecular weight excluding hydrogens is 440 g/mol. The largest absolute Gasteiger partial charge is 0.332 e. The van der Waals surface area contributed by atoms with Crippen LogP contribution in [-0.4, -0.2) is 27.6 Å². The van der Waals surface area contributed by atoms with Crippen LogP contribution in [0.4, 0.5) is 11.6 Å². The van der Waals surface area contributed by atoms with Crippen molar-refractivity contribution in [3.05, 3.63) is 81.6 Å². The van der Waals surface area contributed by atoms with Crippen LogP contribution in [0, 0.1) is 27.7 Å². The van der Waals surface area contributed by atoms with E-state index >= 15 is 0 Å². The van der Waals surface area contributed by atoms with Crippen molar-refractivity contribution in [2.24, 2.45) is 4.99 Å². The molecule has 3 aromatic rings. The van der Waals surface area contributed by atoms with Crippen molar-refractivity contribution < 1.29 is 0 Å². The highest BCUT2D eigenvalue weighted by Crippen LogP contribution is 2.14. The van der Waals surface area contributed by atoms with E-state index in [0.29, 0.717) is 23.6 Å². The van der Waals surface area contributed by atoms with E-state index in [-0.39, 0.29) is 0 Å². The molecule has 1 aromatic heterocycles. The second-order valence-electron chi connectivity index (χ2n) is 7.66. The maximum absolute atomic E-state index is 5.97. The van der Waals surface area contributed by atoms with Gasteiger partial charge in [0.1, 0.15) is 0 Å². The Labute approximate surface area is 199 Å². The standard InChI is InChI=1S/C24H27ClN6S/c1-15-11-16(2)13-21(12-15)29-24(32)31-22(30-23-27-17(3)14-18(4)28-23)26-10-9-19-5-7-20(25)8-6-19/h5-8,11-14H,9-10H2,1-4H3,(H3,26,27,28,29,30,31,32). The van der Waals surface area contributed by atoms with Gasteiger partial charge >= 0.3 is 0 Å². The third kappa shape index (κ3) is 7.59. The highest BCUT2D eigenvalue weighted by molar-refractivity contribution is 7.80. The number of nitrogens with zero attached hydrogens (tertiary/aromatic N) is 3. The molecule has 0 bridgehead atoms. The van der Waals surface area contributed by atoms with Gasteiger partial charge in [0.2, 0.25) is 11.9 Å². The summed E-state index contributed by atoms with van der Waals surface area (Å²) in [5.41, 5.74) is 6.13. The number of halogens is 1. The van der Waals surface area contributed by atoms with Crippen molar-refractivity contribution in [1.29, 1.82) is 0 Å². The average molecular weight is 467 g/mol. The third-order valence-corrected chi connectivity index (χ3v) is 4.96. The van der Waals surface area contributed by atoms with Crippen LogP contribution in [0.2, 0.25) is 5.02 Å². The number of hydrogen-bond donors (Lipinski definition) is 3. The van der Waals surface area contributed by atoms with Gasteiger partial charge in [0.05, 0.1) is 0 Å². The number of benzene rings is 2. The summed E-state index contributed by atoms with van der Waals surface area (Å²) in [6.45, 7) is 8.51. The number of hydrogen-bond acceptors (Lipinski definition) is 4. The zero-order valence-electron chi connectivity index (χ0n) is 18.7. The predicted octanol–water partition coefficient (Wildman–Crippen LogP) is 5.36. The summed E-state index contributed by atoms with van der Waals surface area (Å²) in [5.74, 6) is 0.945. The number of aromatic nitrogens is 2. The molecule has 166 valence electrons. The smallest absolute Gasteiger partial charge is 0.229 e. The topological polar surface area (TPSA) is 74.2 Å². The van der Waals surface area contributed by atoms with Crippen molar-refractivity contribution >= 4 is 46.5 Å². The Kier molecular flexibility index (Phi) is 8.14. The molecule has 2 aromatic carbocycles. The maximum Gasteiger partial charge on any atom is 0.229 e. The monoisotopic (exact) mass is 466 g/mol. The van der Waals surface area contributed by atoms with E-state index in [1.807, 2.05) is 56.3 Å². The second-order valence-corrected chi connectivity index (χ2v) is 8.51. The fourth-order valence-corrected chi connectivity index (χ4v) is 3.60. The molecule has 1 heterocycles. The molecular formula is C24H27ClN6S. The Morgan fingerprint density at radius 3 is 2.16 bits per heavy atom. The van der Waals surface area contributed by atoms with Gasteiger partial charge in [-0.1, -0.05) is 29.8 Å². The normalized spacial score (nSPS) is 11.2. The molecule has 3 N–H and O–H groups in total. The summed E-state index contributed by atoms with van der Waals surface area (Å²) in [6, 6.07) is 15.9. The first kappa shape index (κ1) is 23.6. The van der Waals surface area contributed by atoms with E-state index in [1.165, 1.54) is 0 Å². The van der Waals surface area contributed by atoms with Gasteiger partial charge in [-0.25, -0.2) is 9.97 Å². The van der Waals surface area contributed by atoms with Crippen molar-refractivity contribution in [3.63, 3.8) is 0 Å². The number of rotatable bonds is 5. The van der Waals surface area contributed by atoms with Crippen LogP contribution < -0.4 is 16.0 Å². The zero-order valence-corrected chi connectivity index (χ0v) is 20.2. The number of thiocarbonyl (C=S) groups is 1. The average Bonchev–Trinajstić information content (AvgIpc) is 2.67. The maximum atomic E-state index is 5.97. The molecule has 3 rings (SSSR count). The molecule has 0 atom stereocenters. The molecule has 0 spiro atoms. The minimum Gasteiger partial charge on any atom is -0.332 e.